The van der Waals surface area contributed by atoms with Gasteiger partial charge in [-0.2, -0.15) is 0 Å². The molecule has 0 radical (unpaired) electrons. The van der Waals surface area contributed by atoms with Gasteiger partial charge in [-0.05, 0) is 50.9 Å². The van der Waals surface area contributed by atoms with Crippen molar-refractivity contribution in [1.82, 2.24) is 20.2 Å². The predicted octanol–water partition coefficient (Wildman–Crippen LogP) is 1.85. The Balaban J connectivity index is 1.47. The van der Waals surface area contributed by atoms with Crippen LogP contribution in [0.5, 0.6) is 0 Å². The highest BCUT2D eigenvalue weighted by atomic mass is 16.1. The van der Waals surface area contributed by atoms with Crippen molar-refractivity contribution in [2.24, 2.45) is 5.92 Å². The summed E-state index contributed by atoms with van der Waals surface area (Å²) in [5.74, 6) is 1.83. The summed E-state index contributed by atoms with van der Waals surface area (Å²) in [6.45, 7) is 5.59. The number of nitrogens with one attached hydrogen (secondary N) is 2. The summed E-state index contributed by atoms with van der Waals surface area (Å²) in [7, 11) is 0. The van der Waals surface area contributed by atoms with E-state index in [2.05, 4.69) is 26.3 Å². The molecule has 2 N–H and O–H groups in total. The van der Waals surface area contributed by atoms with Crippen molar-refractivity contribution in [2.75, 3.05) is 19.6 Å². The first-order valence-corrected chi connectivity index (χ1v) is 8.13. The topological polar surface area (TPSA) is 59.0 Å². The zero-order valence-corrected chi connectivity index (χ0v) is 13.1. The zero-order chi connectivity index (χ0) is 15.4. The first-order valence-electron chi connectivity index (χ1n) is 8.13. The van der Waals surface area contributed by atoms with Crippen LogP contribution in [0.3, 0.4) is 0 Å². The highest BCUT2D eigenvalue weighted by Gasteiger charge is 2.15. The second kappa shape index (κ2) is 6.92. The van der Waals surface area contributed by atoms with Crippen molar-refractivity contribution >= 4 is 16.9 Å². The Morgan fingerprint density at radius 2 is 2.32 bits per heavy atom. The molecule has 1 fully saturated rings. The van der Waals surface area contributed by atoms with Crippen molar-refractivity contribution in [3.05, 3.63) is 30.1 Å². The minimum absolute atomic E-state index is 0.161. The maximum absolute atomic E-state index is 11.9. The van der Waals surface area contributed by atoms with Crippen molar-refractivity contribution in [1.29, 1.82) is 0 Å². The third-order valence-electron chi connectivity index (χ3n) is 4.45. The van der Waals surface area contributed by atoms with E-state index in [-0.39, 0.29) is 5.91 Å². The van der Waals surface area contributed by atoms with E-state index in [9.17, 15) is 4.79 Å². The van der Waals surface area contributed by atoms with E-state index < -0.39 is 0 Å². The molecule has 0 aliphatic carbocycles. The molecule has 1 aromatic heterocycles. The fourth-order valence-corrected chi connectivity index (χ4v) is 3.17. The van der Waals surface area contributed by atoms with E-state index in [0.717, 1.165) is 42.9 Å². The van der Waals surface area contributed by atoms with Gasteiger partial charge >= 0.3 is 0 Å². The lowest BCUT2D eigenvalue weighted by Crippen LogP contribution is -2.27. The second-order valence-corrected chi connectivity index (χ2v) is 6.05. The van der Waals surface area contributed by atoms with Gasteiger partial charge in [0.15, 0.2) is 0 Å². The number of rotatable bonds is 6. The molecular weight excluding hydrogens is 276 g/mol. The van der Waals surface area contributed by atoms with Gasteiger partial charge < -0.3 is 15.2 Å². The SMILES string of the molecule is Cc1nc2ccccc2n1CCNC(=O)CCC1CCNC1. The summed E-state index contributed by atoms with van der Waals surface area (Å²) in [5, 5.41) is 6.37. The minimum Gasteiger partial charge on any atom is -0.354 e. The summed E-state index contributed by atoms with van der Waals surface area (Å²) in [6.07, 6.45) is 2.83. The van der Waals surface area contributed by atoms with Crippen LogP contribution >= 0.6 is 0 Å². The highest BCUT2D eigenvalue weighted by molar-refractivity contribution is 5.76. The number of hydrogen-bond donors (Lipinski definition) is 2. The number of fused-ring (bicyclic) bond motifs is 1. The maximum Gasteiger partial charge on any atom is 0.220 e. The first kappa shape index (κ1) is 15.0. The second-order valence-electron chi connectivity index (χ2n) is 6.05. The molecule has 5 heteroatoms. The molecule has 1 aliphatic heterocycles. The monoisotopic (exact) mass is 300 g/mol. The van der Waals surface area contributed by atoms with Crippen LogP contribution in [-0.4, -0.2) is 35.1 Å². The van der Waals surface area contributed by atoms with Crippen molar-refractivity contribution in [3.8, 4) is 0 Å². The van der Waals surface area contributed by atoms with Crippen LogP contribution in [0.2, 0.25) is 0 Å². The van der Waals surface area contributed by atoms with Crippen molar-refractivity contribution in [3.63, 3.8) is 0 Å². The lowest BCUT2D eigenvalue weighted by atomic mass is 10.0. The van der Waals surface area contributed by atoms with Crippen molar-refractivity contribution < 1.29 is 4.79 Å². The summed E-state index contributed by atoms with van der Waals surface area (Å²) >= 11 is 0. The number of para-hydroxylation sites is 2. The molecule has 3 rings (SSSR count). The molecule has 1 atom stereocenters. The Kier molecular flexibility index (Phi) is 4.73. The molecule has 1 saturated heterocycles. The van der Waals surface area contributed by atoms with Gasteiger partial charge in [0, 0.05) is 19.5 Å². The van der Waals surface area contributed by atoms with Crippen LogP contribution < -0.4 is 10.6 Å². The molecule has 1 amide bonds. The quantitative estimate of drug-likeness (QED) is 0.856. The van der Waals surface area contributed by atoms with Gasteiger partial charge in [-0.25, -0.2) is 4.98 Å². The molecule has 2 heterocycles. The van der Waals surface area contributed by atoms with E-state index in [1.54, 1.807) is 0 Å². The first-order chi connectivity index (χ1) is 10.7. The molecule has 1 aliphatic rings. The average molecular weight is 300 g/mol. The number of amides is 1. The summed E-state index contributed by atoms with van der Waals surface area (Å²) in [6, 6.07) is 8.12. The number of imidazole rings is 1. The van der Waals surface area contributed by atoms with Crippen LogP contribution in [0.4, 0.5) is 0 Å². The molecule has 0 bridgehead atoms. The fourth-order valence-electron chi connectivity index (χ4n) is 3.17. The van der Waals surface area contributed by atoms with Gasteiger partial charge in [0.25, 0.3) is 0 Å². The van der Waals surface area contributed by atoms with Crippen LogP contribution in [0, 0.1) is 12.8 Å². The molecule has 1 unspecified atom stereocenters. The van der Waals surface area contributed by atoms with E-state index >= 15 is 0 Å². The Morgan fingerprint density at radius 1 is 1.45 bits per heavy atom. The number of carbonyl (C=O) groups is 1. The normalized spacial score (nSPS) is 18.0. The maximum atomic E-state index is 11.9. The molecule has 22 heavy (non-hydrogen) atoms. The van der Waals surface area contributed by atoms with Gasteiger partial charge in [-0.15, -0.1) is 0 Å². The van der Waals surface area contributed by atoms with Crippen LogP contribution in [-0.2, 0) is 11.3 Å². The largest absolute Gasteiger partial charge is 0.354 e. The Hall–Kier alpha value is -1.88. The van der Waals surface area contributed by atoms with Crippen LogP contribution in [0.15, 0.2) is 24.3 Å². The number of benzene rings is 1. The number of nitrogens with zero attached hydrogens (tertiary/aromatic N) is 2. The van der Waals surface area contributed by atoms with Gasteiger partial charge in [-0.3, -0.25) is 4.79 Å². The van der Waals surface area contributed by atoms with Crippen LogP contribution in [0.1, 0.15) is 25.1 Å². The minimum atomic E-state index is 0.161. The van der Waals surface area contributed by atoms with Crippen LogP contribution in [0.25, 0.3) is 11.0 Å². The number of aryl methyl sites for hydroxylation is 1. The zero-order valence-electron chi connectivity index (χ0n) is 13.1. The lowest BCUT2D eigenvalue weighted by molar-refractivity contribution is -0.121. The molecule has 5 nitrogen and oxygen atoms in total. The highest BCUT2D eigenvalue weighted by Crippen LogP contribution is 2.15. The Labute approximate surface area is 131 Å². The van der Waals surface area contributed by atoms with Gasteiger partial charge in [0.2, 0.25) is 5.91 Å². The lowest BCUT2D eigenvalue weighted by Gasteiger charge is -2.10. The Morgan fingerprint density at radius 3 is 3.14 bits per heavy atom. The van der Waals surface area contributed by atoms with Gasteiger partial charge in [0.1, 0.15) is 5.82 Å². The summed E-state index contributed by atoms with van der Waals surface area (Å²) in [5.41, 5.74) is 2.14. The smallest absolute Gasteiger partial charge is 0.220 e. The number of hydrogen-bond acceptors (Lipinski definition) is 3. The molecule has 1 aromatic carbocycles. The van der Waals surface area contributed by atoms with E-state index in [4.69, 9.17) is 0 Å². The Bertz CT molecular complexity index is 643. The molecule has 2 aromatic rings. The van der Waals surface area contributed by atoms with Crippen molar-refractivity contribution in [2.45, 2.75) is 32.7 Å². The van der Waals surface area contributed by atoms with E-state index in [1.165, 1.54) is 6.42 Å². The van der Waals surface area contributed by atoms with Gasteiger partial charge in [-0.1, -0.05) is 12.1 Å². The number of carbonyl (C=O) groups excluding carboxylic acids is 1. The fraction of sp³-hybridized carbons (Fsp3) is 0.529. The third-order valence-corrected chi connectivity index (χ3v) is 4.45. The van der Waals surface area contributed by atoms with E-state index in [0.29, 0.717) is 18.9 Å². The molecule has 0 saturated carbocycles. The predicted molar refractivity (Wildman–Crippen MR) is 87.7 cm³/mol. The van der Waals surface area contributed by atoms with Gasteiger partial charge in [0.05, 0.1) is 11.0 Å². The molecule has 118 valence electrons. The summed E-state index contributed by atoms with van der Waals surface area (Å²) in [4.78, 5) is 16.5. The molecule has 0 spiro atoms. The standard InChI is InChI=1S/C17H24N4O/c1-13-20-15-4-2-3-5-16(15)21(13)11-10-19-17(22)7-6-14-8-9-18-12-14/h2-5,14,18H,6-12H2,1H3,(H,19,22). The third kappa shape index (κ3) is 3.47. The number of aromatic nitrogens is 2. The van der Waals surface area contributed by atoms with E-state index in [1.807, 2.05) is 25.1 Å². The molecular formula is C17H24N4O. The average Bonchev–Trinajstić information content (AvgIpc) is 3.13. The summed E-state index contributed by atoms with van der Waals surface area (Å²) < 4.78 is 2.16.